The molecule has 90 valence electrons. The minimum absolute atomic E-state index is 0.0991. The molecule has 1 N–H and O–H groups in total. The molecule has 0 amide bonds. The van der Waals surface area contributed by atoms with E-state index in [2.05, 4.69) is 9.97 Å². The number of H-pyrrole nitrogens is 1. The van der Waals surface area contributed by atoms with Crippen molar-refractivity contribution in [3.8, 4) is 0 Å². The van der Waals surface area contributed by atoms with Crippen LogP contribution in [0.2, 0.25) is 0 Å². The molecular weight excluding hydrogens is 236 g/mol. The molecule has 1 unspecified atom stereocenters. The minimum atomic E-state index is -0.0991. The van der Waals surface area contributed by atoms with Crippen LogP contribution in [0.5, 0.6) is 0 Å². The molecule has 0 radical (unpaired) electrons. The third-order valence-electron chi connectivity index (χ3n) is 2.33. The van der Waals surface area contributed by atoms with E-state index in [1.54, 1.807) is 18.0 Å². The molecule has 5 heteroatoms. The summed E-state index contributed by atoms with van der Waals surface area (Å²) in [4.78, 5) is 18.4. The van der Waals surface area contributed by atoms with Gasteiger partial charge in [-0.05, 0) is 26.0 Å². The van der Waals surface area contributed by atoms with Crippen LogP contribution in [0, 0.1) is 6.92 Å². The van der Waals surface area contributed by atoms with E-state index in [1.807, 2.05) is 26.0 Å². The molecule has 17 heavy (non-hydrogen) atoms. The first kappa shape index (κ1) is 12.0. The number of aryl methyl sites for hydroxylation is 1. The molecule has 2 aromatic heterocycles. The molecule has 0 saturated heterocycles. The van der Waals surface area contributed by atoms with E-state index in [9.17, 15) is 4.79 Å². The van der Waals surface area contributed by atoms with Gasteiger partial charge < -0.3 is 9.40 Å². The summed E-state index contributed by atoms with van der Waals surface area (Å²) in [5, 5.41) is 0.132. The Morgan fingerprint density at radius 1 is 1.59 bits per heavy atom. The number of aromatic amines is 1. The van der Waals surface area contributed by atoms with Gasteiger partial charge in [0.25, 0.3) is 5.56 Å². The van der Waals surface area contributed by atoms with Gasteiger partial charge in [0.05, 0.1) is 17.3 Å². The Balaban J connectivity index is 2.04. The maximum absolute atomic E-state index is 11.3. The predicted molar refractivity (Wildman–Crippen MR) is 68.0 cm³/mol. The lowest BCUT2D eigenvalue weighted by molar-refractivity contribution is 0.530. The standard InChI is InChI=1S/C12H14N2O2S/c1-8-6-11(15)14-12(13-8)9(2)17-7-10-4-3-5-16-10/h3-6,9H,7H2,1-2H3,(H,13,14,15). The van der Waals surface area contributed by atoms with Gasteiger partial charge >= 0.3 is 0 Å². The second-order valence-corrected chi connectivity index (χ2v) is 5.13. The molecule has 1 atom stereocenters. The third-order valence-corrected chi connectivity index (χ3v) is 3.50. The van der Waals surface area contributed by atoms with E-state index < -0.39 is 0 Å². The number of thioether (sulfide) groups is 1. The highest BCUT2D eigenvalue weighted by molar-refractivity contribution is 7.98. The highest BCUT2D eigenvalue weighted by atomic mass is 32.2. The van der Waals surface area contributed by atoms with E-state index >= 15 is 0 Å². The monoisotopic (exact) mass is 250 g/mol. The minimum Gasteiger partial charge on any atom is -0.468 e. The Bertz CT molecular complexity index is 534. The number of nitrogens with zero attached hydrogens (tertiary/aromatic N) is 1. The molecule has 2 rings (SSSR count). The first-order valence-corrected chi connectivity index (χ1v) is 6.42. The van der Waals surface area contributed by atoms with Crippen LogP contribution in [-0.2, 0) is 5.75 Å². The molecule has 0 bridgehead atoms. The fraction of sp³-hybridized carbons (Fsp3) is 0.333. The van der Waals surface area contributed by atoms with Crippen molar-refractivity contribution < 1.29 is 4.42 Å². The lowest BCUT2D eigenvalue weighted by Gasteiger charge is -2.09. The zero-order valence-electron chi connectivity index (χ0n) is 9.77. The topological polar surface area (TPSA) is 58.9 Å². The summed E-state index contributed by atoms with van der Waals surface area (Å²) in [6.07, 6.45) is 1.66. The Kier molecular flexibility index (Phi) is 3.68. The zero-order chi connectivity index (χ0) is 12.3. The van der Waals surface area contributed by atoms with Crippen LogP contribution in [-0.4, -0.2) is 9.97 Å². The summed E-state index contributed by atoms with van der Waals surface area (Å²) in [6, 6.07) is 5.30. The van der Waals surface area contributed by atoms with Crippen molar-refractivity contribution in [3.63, 3.8) is 0 Å². The van der Waals surface area contributed by atoms with Gasteiger partial charge in [0.1, 0.15) is 11.6 Å². The van der Waals surface area contributed by atoms with E-state index in [-0.39, 0.29) is 10.8 Å². The summed E-state index contributed by atoms with van der Waals surface area (Å²) in [7, 11) is 0. The summed E-state index contributed by atoms with van der Waals surface area (Å²) in [6.45, 7) is 3.84. The van der Waals surface area contributed by atoms with E-state index in [0.29, 0.717) is 5.82 Å². The molecular formula is C12H14N2O2S. The smallest absolute Gasteiger partial charge is 0.251 e. The Hall–Kier alpha value is -1.49. The molecule has 0 spiro atoms. The molecule has 2 heterocycles. The van der Waals surface area contributed by atoms with Crippen molar-refractivity contribution >= 4 is 11.8 Å². The molecule has 0 fully saturated rings. The lowest BCUT2D eigenvalue weighted by atomic mass is 10.4. The van der Waals surface area contributed by atoms with Crippen LogP contribution in [0.25, 0.3) is 0 Å². The average Bonchev–Trinajstić information content (AvgIpc) is 2.77. The highest BCUT2D eigenvalue weighted by Gasteiger charge is 2.10. The maximum Gasteiger partial charge on any atom is 0.251 e. The van der Waals surface area contributed by atoms with Crippen LogP contribution >= 0.6 is 11.8 Å². The molecule has 0 aliphatic carbocycles. The Labute approximate surface area is 103 Å². The molecule has 0 saturated carbocycles. The van der Waals surface area contributed by atoms with Gasteiger partial charge in [-0.15, -0.1) is 11.8 Å². The van der Waals surface area contributed by atoms with Gasteiger partial charge in [-0.1, -0.05) is 0 Å². The average molecular weight is 250 g/mol. The number of rotatable bonds is 4. The molecule has 0 aliphatic heterocycles. The fourth-order valence-corrected chi connectivity index (χ4v) is 2.32. The number of nitrogens with one attached hydrogen (secondary N) is 1. The van der Waals surface area contributed by atoms with Gasteiger partial charge in [-0.3, -0.25) is 4.79 Å². The van der Waals surface area contributed by atoms with Crippen LogP contribution < -0.4 is 5.56 Å². The highest BCUT2D eigenvalue weighted by Crippen LogP contribution is 2.28. The SMILES string of the molecule is Cc1cc(=O)[nH]c(C(C)SCc2ccco2)n1. The van der Waals surface area contributed by atoms with Gasteiger partial charge in [-0.2, -0.15) is 0 Å². The first-order valence-electron chi connectivity index (χ1n) is 5.37. The quantitative estimate of drug-likeness (QED) is 0.906. The van der Waals surface area contributed by atoms with Crippen molar-refractivity contribution in [2.75, 3.05) is 0 Å². The normalized spacial score (nSPS) is 12.6. The lowest BCUT2D eigenvalue weighted by Crippen LogP contribution is -2.12. The number of aromatic nitrogens is 2. The van der Waals surface area contributed by atoms with Gasteiger partial charge in [0, 0.05) is 11.8 Å². The van der Waals surface area contributed by atoms with Crippen molar-refractivity contribution in [2.45, 2.75) is 24.9 Å². The van der Waals surface area contributed by atoms with Crippen LogP contribution in [0.3, 0.4) is 0 Å². The van der Waals surface area contributed by atoms with Crippen molar-refractivity contribution in [2.24, 2.45) is 0 Å². The summed E-state index contributed by atoms with van der Waals surface area (Å²) >= 11 is 1.68. The van der Waals surface area contributed by atoms with Crippen molar-refractivity contribution in [1.82, 2.24) is 9.97 Å². The predicted octanol–water partition coefficient (Wildman–Crippen LogP) is 2.67. The summed E-state index contributed by atoms with van der Waals surface area (Å²) < 4.78 is 5.25. The van der Waals surface area contributed by atoms with E-state index in [4.69, 9.17) is 4.42 Å². The fourth-order valence-electron chi connectivity index (χ4n) is 1.48. The molecule has 0 aromatic carbocycles. The molecule has 2 aromatic rings. The van der Waals surface area contributed by atoms with Crippen LogP contribution in [0.4, 0.5) is 0 Å². The Morgan fingerprint density at radius 2 is 2.41 bits per heavy atom. The maximum atomic E-state index is 11.3. The largest absolute Gasteiger partial charge is 0.468 e. The third kappa shape index (κ3) is 3.23. The van der Waals surface area contributed by atoms with Crippen LogP contribution in [0.1, 0.15) is 29.5 Å². The zero-order valence-corrected chi connectivity index (χ0v) is 10.6. The van der Waals surface area contributed by atoms with Crippen LogP contribution in [0.15, 0.2) is 33.7 Å². The van der Waals surface area contributed by atoms with E-state index in [0.717, 1.165) is 17.2 Å². The molecule has 4 nitrogen and oxygen atoms in total. The van der Waals surface area contributed by atoms with Gasteiger partial charge in [0.15, 0.2) is 0 Å². The Morgan fingerprint density at radius 3 is 3.06 bits per heavy atom. The van der Waals surface area contributed by atoms with Crippen molar-refractivity contribution in [3.05, 3.63) is 52.1 Å². The number of hydrogen-bond acceptors (Lipinski definition) is 4. The number of hydrogen-bond donors (Lipinski definition) is 1. The second kappa shape index (κ2) is 5.23. The van der Waals surface area contributed by atoms with Gasteiger partial charge in [-0.25, -0.2) is 4.98 Å². The first-order chi connectivity index (χ1) is 8.15. The second-order valence-electron chi connectivity index (χ2n) is 3.80. The molecule has 0 aliphatic rings. The van der Waals surface area contributed by atoms with E-state index in [1.165, 1.54) is 6.07 Å². The number of furan rings is 1. The van der Waals surface area contributed by atoms with Gasteiger partial charge in [0.2, 0.25) is 0 Å². The van der Waals surface area contributed by atoms with Crippen molar-refractivity contribution in [1.29, 1.82) is 0 Å². The summed E-state index contributed by atoms with van der Waals surface area (Å²) in [5.41, 5.74) is 0.646. The summed E-state index contributed by atoms with van der Waals surface area (Å²) in [5.74, 6) is 2.41.